The molecule has 0 saturated heterocycles. The van der Waals surface area contributed by atoms with Crippen molar-refractivity contribution in [1.82, 2.24) is 4.90 Å². The van der Waals surface area contributed by atoms with Crippen LogP contribution in [0.25, 0.3) is 0 Å². The summed E-state index contributed by atoms with van der Waals surface area (Å²) in [5.74, 6) is 1.10. The Labute approximate surface area is 103 Å². The number of hydrogen-bond donors (Lipinski definition) is 1. The van der Waals surface area contributed by atoms with E-state index in [2.05, 4.69) is 11.9 Å². The molecule has 1 aromatic carbocycles. The molecule has 0 bridgehead atoms. The van der Waals surface area contributed by atoms with E-state index in [-0.39, 0.29) is 0 Å². The molecular formula is C13H20ClNO. The summed E-state index contributed by atoms with van der Waals surface area (Å²) in [6.45, 7) is 1.96. The lowest BCUT2D eigenvalue weighted by molar-refractivity contribution is 0.317. The smallest absolute Gasteiger partial charge is 0.115 e. The molecule has 0 aliphatic heterocycles. The SMILES string of the molecule is CN(CCCCCCl)Cc1cccc(O)c1. The van der Waals surface area contributed by atoms with Crippen molar-refractivity contribution in [3.05, 3.63) is 29.8 Å². The highest BCUT2D eigenvalue weighted by Crippen LogP contribution is 2.12. The molecule has 3 heteroatoms. The predicted molar refractivity (Wildman–Crippen MR) is 69.0 cm³/mol. The van der Waals surface area contributed by atoms with Crippen LogP contribution in [0.3, 0.4) is 0 Å². The fraction of sp³-hybridized carbons (Fsp3) is 0.538. The van der Waals surface area contributed by atoms with Gasteiger partial charge in [-0.3, -0.25) is 0 Å². The summed E-state index contributed by atoms with van der Waals surface area (Å²) in [5.41, 5.74) is 1.15. The molecule has 2 nitrogen and oxygen atoms in total. The van der Waals surface area contributed by atoms with Crippen LogP contribution in [-0.2, 0) is 6.54 Å². The van der Waals surface area contributed by atoms with Gasteiger partial charge in [-0.05, 0) is 44.1 Å². The van der Waals surface area contributed by atoms with Gasteiger partial charge < -0.3 is 10.0 Å². The number of alkyl halides is 1. The van der Waals surface area contributed by atoms with Gasteiger partial charge in [-0.2, -0.15) is 0 Å². The normalized spacial score (nSPS) is 10.9. The van der Waals surface area contributed by atoms with Crippen LogP contribution in [0.1, 0.15) is 24.8 Å². The zero-order valence-corrected chi connectivity index (χ0v) is 10.6. The number of hydrogen-bond acceptors (Lipinski definition) is 2. The molecule has 0 atom stereocenters. The molecular weight excluding hydrogens is 222 g/mol. The second-order valence-electron chi connectivity index (χ2n) is 4.16. The Morgan fingerprint density at radius 3 is 2.75 bits per heavy atom. The van der Waals surface area contributed by atoms with Gasteiger partial charge in [-0.15, -0.1) is 11.6 Å². The quantitative estimate of drug-likeness (QED) is 0.585. The van der Waals surface area contributed by atoms with Crippen molar-refractivity contribution in [2.75, 3.05) is 19.5 Å². The molecule has 0 heterocycles. The Bertz CT molecular complexity index is 304. The van der Waals surface area contributed by atoms with Gasteiger partial charge in [-0.25, -0.2) is 0 Å². The summed E-state index contributed by atoms with van der Waals surface area (Å²) in [7, 11) is 2.10. The topological polar surface area (TPSA) is 23.5 Å². The first-order valence-corrected chi connectivity index (χ1v) is 6.28. The van der Waals surface area contributed by atoms with E-state index < -0.39 is 0 Å². The van der Waals surface area contributed by atoms with Crippen molar-refractivity contribution in [1.29, 1.82) is 0 Å². The van der Waals surface area contributed by atoms with E-state index in [0.717, 1.165) is 31.0 Å². The number of phenols is 1. The van der Waals surface area contributed by atoms with Crippen LogP contribution in [0.2, 0.25) is 0 Å². The highest BCUT2D eigenvalue weighted by molar-refractivity contribution is 6.17. The number of halogens is 1. The third kappa shape index (κ3) is 5.38. The minimum Gasteiger partial charge on any atom is -0.508 e. The highest BCUT2D eigenvalue weighted by Gasteiger charge is 2.00. The molecule has 90 valence electrons. The zero-order valence-electron chi connectivity index (χ0n) is 9.82. The molecule has 1 rings (SSSR count). The lowest BCUT2D eigenvalue weighted by Gasteiger charge is -2.16. The van der Waals surface area contributed by atoms with E-state index in [4.69, 9.17) is 11.6 Å². The van der Waals surface area contributed by atoms with Crippen LogP contribution >= 0.6 is 11.6 Å². The van der Waals surface area contributed by atoms with Gasteiger partial charge in [0.2, 0.25) is 0 Å². The number of aromatic hydroxyl groups is 1. The maximum Gasteiger partial charge on any atom is 0.115 e. The first-order chi connectivity index (χ1) is 7.72. The number of phenolic OH excluding ortho intramolecular Hbond substituents is 1. The fourth-order valence-corrected chi connectivity index (χ4v) is 1.89. The molecule has 0 spiro atoms. The number of benzene rings is 1. The van der Waals surface area contributed by atoms with E-state index in [1.165, 1.54) is 12.8 Å². The van der Waals surface area contributed by atoms with Gasteiger partial charge >= 0.3 is 0 Å². The number of rotatable bonds is 7. The molecule has 16 heavy (non-hydrogen) atoms. The average Bonchev–Trinajstić information content (AvgIpc) is 2.24. The lowest BCUT2D eigenvalue weighted by Crippen LogP contribution is -2.19. The van der Waals surface area contributed by atoms with Gasteiger partial charge in [0.05, 0.1) is 0 Å². The third-order valence-electron chi connectivity index (χ3n) is 2.54. The molecule has 0 unspecified atom stereocenters. The summed E-state index contributed by atoms with van der Waals surface area (Å²) in [6.07, 6.45) is 3.47. The predicted octanol–water partition coefficient (Wildman–Crippen LogP) is 3.23. The Kier molecular flexibility index (Phi) is 6.27. The van der Waals surface area contributed by atoms with Crippen LogP contribution in [0.4, 0.5) is 0 Å². The van der Waals surface area contributed by atoms with Crippen molar-refractivity contribution in [3.8, 4) is 5.75 Å². The minimum atomic E-state index is 0.341. The fourth-order valence-electron chi connectivity index (χ4n) is 1.70. The van der Waals surface area contributed by atoms with Crippen molar-refractivity contribution < 1.29 is 5.11 Å². The monoisotopic (exact) mass is 241 g/mol. The van der Waals surface area contributed by atoms with Crippen molar-refractivity contribution in [3.63, 3.8) is 0 Å². The lowest BCUT2D eigenvalue weighted by atomic mass is 10.2. The van der Waals surface area contributed by atoms with E-state index in [9.17, 15) is 5.11 Å². The Balaban J connectivity index is 2.25. The average molecular weight is 242 g/mol. The van der Waals surface area contributed by atoms with Gasteiger partial charge in [0.15, 0.2) is 0 Å². The summed E-state index contributed by atoms with van der Waals surface area (Å²) < 4.78 is 0. The third-order valence-corrected chi connectivity index (χ3v) is 2.80. The molecule has 0 fully saturated rings. The van der Waals surface area contributed by atoms with Crippen molar-refractivity contribution in [2.24, 2.45) is 0 Å². The standard InChI is InChI=1S/C13H20ClNO/c1-15(9-4-2-3-8-14)11-12-6-5-7-13(16)10-12/h5-7,10,16H,2-4,8-9,11H2,1H3. The van der Waals surface area contributed by atoms with Gasteiger partial charge in [0.1, 0.15) is 5.75 Å². The Morgan fingerprint density at radius 1 is 1.25 bits per heavy atom. The molecule has 0 aromatic heterocycles. The zero-order chi connectivity index (χ0) is 11.8. The van der Waals surface area contributed by atoms with Gasteiger partial charge in [-0.1, -0.05) is 18.6 Å². The maximum absolute atomic E-state index is 9.34. The van der Waals surface area contributed by atoms with E-state index in [1.54, 1.807) is 6.07 Å². The maximum atomic E-state index is 9.34. The van der Waals surface area contributed by atoms with Crippen molar-refractivity contribution >= 4 is 11.6 Å². The molecule has 1 N–H and O–H groups in total. The molecule has 0 saturated carbocycles. The van der Waals surface area contributed by atoms with Crippen LogP contribution in [0, 0.1) is 0 Å². The van der Waals surface area contributed by atoms with E-state index in [0.29, 0.717) is 5.75 Å². The summed E-state index contributed by atoms with van der Waals surface area (Å²) in [4.78, 5) is 2.27. The van der Waals surface area contributed by atoms with Crippen LogP contribution < -0.4 is 0 Å². The second-order valence-corrected chi connectivity index (χ2v) is 4.54. The summed E-state index contributed by atoms with van der Waals surface area (Å²) in [6, 6.07) is 7.43. The van der Waals surface area contributed by atoms with Crippen LogP contribution in [-0.4, -0.2) is 29.5 Å². The van der Waals surface area contributed by atoms with Crippen LogP contribution in [0.5, 0.6) is 5.75 Å². The Morgan fingerprint density at radius 2 is 2.06 bits per heavy atom. The molecule has 0 aliphatic rings. The van der Waals surface area contributed by atoms with Crippen molar-refractivity contribution in [2.45, 2.75) is 25.8 Å². The van der Waals surface area contributed by atoms with Crippen LogP contribution in [0.15, 0.2) is 24.3 Å². The summed E-state index contributed by atoms with van der Waals surface area (Å²) in [5, 5.41) is 9.34. The first-order valence-electron chi connectivity index (χ1n) is 5.75. The summed E-state index contributed by atoms with van der Waals surface area (Å²) >= 11 is 5.62. The molecule has 0 aliphatic carbocycles. The molecule has 0 radical (unpaired) electrons. The Hall–Kier alpha value is -0.730. The van der Waals surface area contributed by atoms with E-state index in [1.807, 2.05) is 18.2 Å². The van der Waals surface area contributed by atoms with E-state index >= 15 is 0 Å². The number of unbranched alkanes of at least 4 members (excludes halogenated alkanes) is 2. The van der Waals surface area contributed by atoms with Gasteiger partial charge in [0.25, 0.3) is 0 Å². The number of nitrogens with zero attached hydrogens (tertiary/aromatic N) is 1. The second kappa shape index (κ2) is 7.53. The first kappa shape index (κ1) is 13.3. The molecule has 1 aromatic rings. The largest absolute Gasteiger partial charge is 0.508 e. The highest BCUT2D eigenvalue weighted by atomic mass is 35.5. The van der Waals surface area contributed by atoms with Gasteiger partial charge in [0, 0.05) is 12.4 Å². The molecule has 0 amide bonds. The minimum absolute atomic E-state index is 0.341.